The normalized spacial score (nSPS) is 40.7. The summed E-state index contributed by atoms with van der Waals surface area (Å²) in [6.45, 7) is 2.35. The Kier molecular flexibility index (Phi) is 1.81. The molecule has 0 radical (unpaired) electrons. The summed E-state index contributed by atoms with van der Waals surface area (Å²) < 4.78 is 13.3. The van der Waals surface area contributed by atoms with Crippen molar-refractivity contribution in [2.75, 3.05) is 6.54 Å². The molecule has 3 atom stereocenters. The van der Waals surface area contributed by atoms with E-state index < -0.39 is 6.17 Å². The van der Waals surface area contributed by atoms with Gasteiger partial charge in [-0.1, -0.05) is 6.92 Å². The third-order valence-corrected chi connectivity index (χ3v) is 3.18. The highest BCUT2D eigenvalue weighted by atomic mass is 19.1. The van der Waals surface area contributed by atoms with Gasteiger partial charge >= 0.3 is 0 Å². The first-order valence-electron chi connectivity index (χ1n) is 4.67. The van der Waals surface area contributed by atoms with Gasteiger partial charge in [0.25, 0.3) is 0 Å². The Morgan fingerprint density at radius 3 is 3.08 bits per heavy atom. The monoisotopic (exact) mass is 171 g/mol. The summed E-state index contributed by atoms with van der Waals surface area (Å²) in [4.78, 5) is 13.0. The molecule has 1 unspecified atom stereocenters. The lowest BCUT2D eigenvalue weighted by atomic mass is 9.94. The molecule has 2 heterocycles. The van der Waals surface area contributed by atoms with E-state index in [1.54, 1.807) is 4.90 Å². The first-order valence-corrected chi connectivity index (χ1v) is 4.67. The maximum absolute atomic E-state index is 13.3. The minimum Gasteiger partial charge on any atom is -0.336 e. The zero-order valence-electron chi connectivity index (χ0n) is 7.29. The average Bonchev–Trinajstić information content (AvgIpc) is 2.52. The predicted molar refractivity (Wildman–Crippen MR) is 43.4 cm³/mol. The van der Waals surface area contributed by atoms with Gasteiger partial charge in [0, 0.05) is 18.4 Å². The van der Waals surface area contributed by atoms with E-state index >= 15 is 0 Å². The van der Waals surface area contributed by atoms with Crippen LogP contribution in [0.25, 0.3) is 0 Å². The van der Waals surface area contributed by atoms with E-state index in [0.717, 1.165) is 12.8 Å². The van der Waals surface area contributed by atoms with Crippen LogP contribution in [0, 0.1) is 5.92 Å². The molecule has 12 heavy (non-hydrogen) atoms. The van der Waals surface area contributed by atoms with E-state index in [1.165, 1.54) is 0 Å². The van der Waals surface area contributed by atoms with Crippen LogP contribution in [0.5, 0.6) is 0 Å². The third-order valence-electron chi connectivity index (χ3n) is 3.18. The quantitative estimate of drug-likeness (QED) is 0.583. The predicted octanol–water partition coefficient (Wildman–Crippen LogP) is 1.36. The number of hydrogen-bond acceptors (Lipinski definition) is 1. The zero-order valence-corrected chi connectivity index (χ0v) is 7.29. The van der Waals surface area contributed by atoms with Crippen LogP contribution in [0.1, 0.15) is 26.2 Å². The number of halogens is 1. The van der Waals surface area contributed by atoms with Gasteiger partial charge in [-0.2, -0.15) is 0 Å². The summed E-state index contributed by atoms with van der Waals surface area (Å²) in [5.74, 6) is 0.259. The van der Waals surface area contributed by atoms with Crippen LogP contribution in [-0.4, -0.2) is 29.6 Å². The first-order chi connectivity index (χ1) is 5.74. The van der Waals surface area contributed by atoms with E-state index in [-0.39, 0.29) is 17.9 Å². The lowest BCUT2D eigenvalue weighted by Crippen LogP contribution is -2.29. The van der Waals surface area contributed by atoms with Crippen molar-refractivity contribution in [1.29, 1.82) is 0 Å². The van der Waals surface area contributed by atoms with E-state index in [1.807, 2.05) is 6.92 Å². The molecule has 0 aromatic rings. The summed E-state index contributed by atoms with van der Waals surface area (Å²) in [6, 6.07) is 0.220. The molecule has 2 fully saturated rings. The standard InChI is InChI=1S/C9H14FNO/c1-2-6-7(10)5-11-8(6)3-4-9(11)12/h6-8H,2-5H2,1H3/t6?,7-,8-/m0/s1. The summed E-state index contributed by atoms with van der Waals surface area (Å²) >= 11 is 0. The molecule has 2 aliphatic heterocycles. The van der Waals surface area contributed by atoms with Crippen molar-refractivity contribution in [2.24, 2.45) is 5.92 Å². The van der Waals surface area contributed by atoms with Crippen molar-refractivity contribution >= 4 is 5.91 Å². The second-order valence-corrected chi connectivity index (χ2v) is 3.74. The number of amides is 1. The Morgan fingerprint density at radius 1 is 1.67 bits per heavy atom. The van der Waals surface area contributed by atoms with Crippen LogP contribution >= 0.6 is 0 Å². The van der Waals surface area contributed by atoms with Crippen molar-refractivity contribution in [3.05, 3.63) is 0 Å². The number of rotatable bonds is 1. The molecule has 3 heteroatoms. The number of nitrogens with zero attached hydrogens (tertiary/aromatic N) is 1. The molecule has 0 spiro atoms. The van der Waals surface area contributed by atoms with Crippen LogP contribution in [-0.2, 0) is 4.79 Å². The van der Waals surface area contributed by atoms with Crippen molar-refractivity contribution in [3.63, 3.8) is 0 Å². The second kappa shape index (κ2) is 2.71. The summed E-state index contributed by atoms with van der Waals surface area (Å²) in [6.07, 6.45) is 1.59. The van der Waals surface area contributed by atoms with Crippen molar-refractivity contribution in [1.82, 2.24) is 4.90 Å². The molecule has 0 aliphatic carbocycles. The number of carbonyl (C=O) groups excluding carboxylic acids is 1. The Labute approximate surface area is 71.7 Å². The molecule has 2 nitrogen and oxygen atoms in total. The largest absolute Gasteiger partial charge is 0.336 e. The molecule has 68 valence electrons. The average molecular weight is 171 g/mol. The highest BCUT2D eigenvalue weighted by Crippen LogP contribution is 2.36. The summed E-state index contributed by atoms with van der Waals surface area (Å²) in [7, 11) is 0. The number of carbonyl (C=O) groups is 1. The second-order valence-electron chi connectivity index (χ2n) is 3.74. The van der Waals surface area contributed by atoms with Gasteiger partial charge in [-0.05, 0) is 12.8 Å². The van der Waals surface area contributed by atoms with E-state index in [4.69, 9.17) is 0 Å². The minimum atomic E-state index is -0.774. The fourth-order valence-corrected chi connectivity index (χ4v) is 2.53. The van der Waals surface area contributed by atoms with Gasteiger partial charge in [-0.15, -0.1) is 0 Å². The molecule has 2 saturated heterocycles. The molecule has 1 amide bonds. The highest BCUT2D eigenvalue weighted by Gasteiger charge is 2.46. The lowest BCUT2D eigenvalue weighted by Gasteiger charge is -2.18. The van der Waals surface area contributed by atoms with Crippen LogP contribution in [0.15, 0.2) is 0 Å². The van der Waals surface area contributed by atoms with Gasteiger partial charge in [0.15, 0.2) is 0 Å². The topological polar surface area (TPSA) is 20.3 Å². The Balaban J connectivity index is 2.15. The van der Waals surface area contributed by atoms with Crippen LogP contribution in [0.2, 0.25) is 0 Å². The molecule has 2 aliphatic rings. The van der Waals surface area contributed by atoms with Gasteiger partial charge in [0.05, 0.1) is 6.54 Å². The fourth-order valence-electron chi connectivity index (χ4n) is 2.53. The number of fused-ring (bicyclic) bond motifs is 1. The Bertz CT molecular complexity index is 207. The molecule has 0 N–H and O–H groups in total. The van der Waals surface area contributed by atoms with Crippen molar-refractivity contribution < 1.29 is 9.18 Å². The number of alkyl halides is 1. The maximum Gasteiger partial charge on any atom is 0.223 e. The van der Waals surface area contributed by atoms with Gasteiger partial charge in [-0.25, -0.2) is 4.39 Å². The first kappa shape index (κ1) is 8.02. The number of hydrogen-bond donors (Lipinski definition) is 0. The molecular formula is C9H14FNO. The smallest absolute Gasteiger partial charge is 0.223 e. The highest BCUT2D eigenvalue weighted by molar-refractivity contribution is 5.79. The van der Waals surface area contributed by atoms with Crippen molar-refractivity contribution in [3.8, 4) is 0 Å². The van der Waals surface area contributed by atoms with Gasteiger partial charge in [0.1, 0.15) is 6.17 Å². The van der Waals surface area contributed by atoms with Crippen LogP contribution in [0.4, 0.5) is 4.39 Å². The Hall–Kier alpha value is -0.600. The van der Waals surface area contributed by atoms with Gasteiger partial charge < -0.3 is 4.90 Å². The van der Waals surface area contributed by atoms with Gasteiger partial charge in [-0.3, -0.25) is 4.79 Å². The molecule has 2 rings (SSSR count). The van der Waals surface area contributed by atoms with E-state index in [0.29, 0.717) is 13.0 Å². The third kappa shape index (κ3) is 0.952. The summed E-state index contributed by atoms with van der Waals surface area (Å²) in [5, 5.41) is 0. The molecule has 0 aromatic carbocycles. The Morgan fingerprint density at radius 2 is 2.42 bits per heavy atom. The van der Waals surface area contributed by atoms with Crippen LogP contribution < -0.4 is 0 Å². The lowest BCUT2D eigenvalue weighted by molar-refractivity contribution is -0.128. The van der Waals surface area contributed by atoms with Crippen molar-refractivity contribution in [2.45, 2.75) is 38.4 Å². The van der Waals surface area contributed by atoms with E-state index in [9.17, 15) is 9.18 Å². The fraction of sp³-hybridized carbons (Fsp3) is 0.889. The maximum atomic E-state index is 13.3. The van der Waals surface area contributed by atoms with Crippen LogP contribution in [0.3, 0.4) is 0 Å². The molecule has 0 saturated carbocycles. The zero-order chi connectivity index (χ0) is 8.72. The van der Waals surface area contributed by atoms with E-state index in [2.05, 4.69) is 0 Å². The molecular weight excluding hydrogens is 157 g/mol. The molecule has 0 bridgehead atoms. The minimum absolute atomic E-state index is 0.108. The SMILES string of the molecule is CCC1[C@@H](F)CN2C(=O)CC[C@@H]12. The summed E-state index contributed by atoms with van der Waals surface area (Å²) in [5.41, 5.74) is 0. The van der Waals surface area contributed by atoms with Gasteiger partial charge in [0.2, 0.25) is 5.91 Å². The molecule has 0 aromatic heterocycles.